The van der Waals surface area contributed by atoms with E-state index in [-0.39, 0.29) is 11.1 Å². The van der Waals surface area contributed by atoms with Gasteiger partial charge in [0.2, 0.25) is 0 Å². The summed E-state index contributed by atoms with van der Waals surface area (Å²) in [7, 11) is 0. The maximum atomic E-state index is 12.2. The third-order valence-corrected chi connectivity index (χ3v) is 2.35. The minimum Gasteiger partial charge on any atom is -0.367 e. The van der Waals surface area contributed by atoms with Crippen LogP contribution >= 0.6 is 11.6 Å². The molecule has 0 spiro atoms. The summed E-state index contributed by atoms with van der Waals surface area (Å²) < 4.78 is 36.6. The van der Waals surface area contributed by atoms with Gasteiger partial charge in [-0.05, 0) is 6.92 Å². The van der Waals surface area contributed by atoms with E-state index in [9.17, 15) is 13.2 Å². The van der Waals surface area contributed by atoms with Crippen molar-refractivity contribution in [1.29, 1.82) is 0 Å². The summed E-state index contributed by atoms with van der Waals surface area (Å²) >= 11 is 5.80. The minimum atomic E-state index is -4.20. The highest BCUT2D eigenvalue weighted by Gasteiger charge is 2.30. The van der Waals surface area contributed by atoms with Crippen molar-refractivity contribution in [3.05, 3.63) is 17.0 Å². The normalized spacial score (nSPS) is 13.8. The largest absolute Gasteiger partial charge is 0.391 e. The van der Waals surface area contributed by atoms with Crippen LogP contribution in [0.5, 0.6) is 0 Å². The van der Waals surface area contributed by atoms with Crippen LogP contribution < -0.4 is 5.32 Å². The van der Waals surface area contributed by atoms with E-state index < -0.39 is 18.6 Å². The molecule has 3 nitrogen and oxygen atoms in total. The van der Waals surface area contributed by atoms with Gasteiger partial charge in [-0.1, -0.05) is 25.4 Å². The molecule has 0 aliphatic rings. The molecule has 1 aromatic heterocycles. The smallest absolute Gasteiger partial charge is 0.367 e. The van der Waals surface area contributed by atoms with Gasteiger partial charge in [0, 0.05) is 18.0 Å². The van der Waals surface area contributed by atoms with Gasteiger partial charge < -0.3 is 5.32 Å². The van der Waals surface area contributed by atoms with E-state index in [4.69, 9.17) is 11.6 Å². The summed E-state index contributed by atoms with van der Waals surface area (Å²) in [5.41, 5.74) is 0. The van der Waals surface area contributed by atoms with Crippen molar-refractivity contribution in [2.24, 2.45) is 0 Å². The monoisotopic (exact) mass is 281 g/mol. The molecule has 1 N–H and O–H groups in total. The molecule has 0 amide bonds. The average molecular weight is 282 g/mol. The summed E-state index contributed by atoms with van der Waals surface area (Å²) in [4.78, 5) is 8.14. The fourth-order valence-corrected chi connectivity index (χ4v) is 1.61. The molecular weight excluding hydrogens is 267 g/mol. The van der Waals surface area contributed by atoms with Gasteiger partial charge in [0.15, 0.2) is 0 Å². The second-order valence-electron chi connectivity index (χ2n) is 4.45. The molecule has 7 heteroatoms. The zero-order valence-electron chi connectivity index (χ0n) is 10.3. The van der Waals surface area contributed by atoms with Crippen molar-refractivity contribution in [2.45, 2.75) is 45.3 Å². The molecule has 1 rings (SSSR count). The Hall–Kier alpha value is -1.04. The van der Waals surface area contributed by atoms with E-state index in [1.54, 1.807) is 0 Å². The molecule has 0 aliphatic carbocycles. The fraction of sp³-hybridized carbons (Fsp3) is 0.636. The van der Waals surface area contributed by atoms with Crippen molar-refractivity contribution < 1.29 is 13.2 Å². The van der Waals surface area contributed by atoms with Gasteiger partial charge in [0.1, 0.15) is 16.8 Å². The number of nitrogens with one attached hydrogen (secondary N) is 1. The first-order valence-electron chi connectivity index (χ1n) is 5.55. The van der Waals surface area contributed by atoms with Gasteiger partial charge >= 0.3 is 6.18 Å². The molecule has 0 radical (unpaired) electrons. The third kappa shape index (κ3) is 5.08. The maximum absolute atomic E-state index is 12.2. The van der Waals surface area contributed by atoms with Crippen molar-refractivity contribution in [3.8, 4) is 0 Å². The Labute approximate surface area is 109 Å². The van der Waals surface area contributed by atoms with Crippen LogP contribution in [0.4, 0.5) is 19.0 Å². The second kappa shape index (κ2) is 5.73. The highest BCUT2D eigenvalue weighted by molar-refractivity contribution is 6.29. The zero-order chi connectivity index (χ0) is 13.9. The zero-order valence-corrected chi connectivity index (χ0v) is 11.1. The Morgan fingerprint density at radius 3 is 2.39 bits per heavy atom. The van der Waals surface area contributed by atoms with Crippen molar-refractivity contribution in [2.75, 3.05) is 5.32 Å². The molecule has 0 saturated carbocycles. The van der Waals surface area contributed by atoms with Crippen LogP contribution in [0.25, 0.3) is 0 Å². The van der Waals surface area contributed by atoms with Crippen molar-refractivity contribution >= 4 is 17.4 Å². The number of alkyl halides is 3. The van der Waals surface area contributed by atoms with Crippen LogP contribution in [0.1, 0.15) is 38.9 Å². The van der Waals surface area contributed by atoms with Crippen LogP contribution in [-0.4, -0.2) is 22.2 Å². The summed E-state index contributed by atoms with van der Waals surface area (Å²) in [6.45, 7) is 5.21. The first-order chi connectivity index (χ1) is 8.17. The lowest BCUT2D eigenvalue weighted by atomic mass is 10.2. The molecule has 0 saturated heterocycles. The molecule has 0 aromatic carbocycles. The molecule has 1 aromatic rings. The van der Waals surface area contributed by atoms with E-state index in [0.717, 1.165) is 0 Å². The number of anilines is 1. The van der Waals surface area contributed by atoms with Gasteiger partial charge in [-0.15, -0.1) is 0 Å². The molecule has 1 heterocycles. The second-order valence-corrected chi connectivity index (χ2v) is 4.84. The van der Waals surface area contributed by atoms with E-state index in [1.165, 1.54) is 13.0 Å². The molecule has 102 valence electrons. The Balaban J connectivity index is 2.78. The Bertz CT molecular complexity index is 407. The van der Waals surface area contributed by atoms with Gasteiger partial charge in [-0.25, -0.2) is 9.97 Å². The van der Waals surface area contributed by atoms with Crippen LogP contribution in [-0.2, 0) is 0 Å². The highest BCUT2D eigenvalue weighted by atomic mass is 35.5. The van der Waals surface area contributed by atoms with E-state index >= 15 is 0 Å². The summed E-state index contributed by atoms with van der Waals surface area (Å²) in [6, 6.07) is 0.649. The molecule has 18 heavy (non-hydrogen) atoms. The van der Waals surface area contributed by atoms with Crippen molar-refractivity contribution in [1.82, 2.24) is 9.97 Å². The number of hydrogen-bond donors (Lipinski definition) is 1. The van der Waals surface area contributed by atoms with E-state index in [1.807, 2.05) is 13.8 Å². The highest BCUT2D eigenvalue weighted by Crippen LogP contribution is 2.24. The topological polar surface area (TPSA) is 37.8 Å². The molecule has 1 unspecified atom stereocenters. The Morgan fingerprint density at radius 1 is 1.28 bits per heavy atom. The van der Waals surface area contributed by atoms with Crippen LogP contribution in [0, 0.1) is 0 Å². The van der Waals surface area contributed by atoms with Crippen molar-refractivity contribution in [3.63, 3.8) is 0 Å². The first kappa shape index (κ1) is 15.0. The van der Waals surface area contributed by atoms with Gasteiger partial charge in [-0.2, -0.15) is 13.2 Å². The van der Waals surface area contributed by atoms with Crippen LogP contribution in [0.3, 0.4) is 0 Å². The lowest BCUT2D eigenvalue weighted by Gasteiger charge is -2.17. The summed E-state index contributed by atoms with van der Waals surface area (Å²) in [5.74, 6) is 0.877. The number of aromatic nitrogens is 2. The first-order valence-corrected chi connectivity index (χ1v) is 5.93. The number of rotatable bonds is 4. The van der Waals surface area contributed by atoms with E-state index in [2.05, 4.69) is 15.3 Å². The molecule has 0 fully saturated rings. The quantitative estimate of drug-likeness (QED) is 0.848. The molecule has 1 atom stereocenters. The predicted molar refractivity (Wildman–Crippen MR) is 64.9 cm³/mol. The molecular formula is C11H15ClF3N3. The minimum absolute atomic E-state index is 0.0576. The van der Waals surface area contributed by atoms with E-state index in [0.29, 0.717) is 11.6 Å². The SMILES string of the molecule is CC(CC(F)(F)F)Nc1cc(Cl)nc(C(C)C)n1. The lowest BCUT2D eigenvalue weighted by Crippen LogP contribution is -2.24. The number of hydrogen-bond acceptors (Lipinski definition) is 3. The summed E-state index contributed by atoms with van der Waals surface area (Å²) in [5, 5.41) is 2.90. The van der Waals surface area contributed by atoms with Gasteiger partial charge in [0.25, 0.3) is 0 Å². The molecule has 0 aliphatic heterocycles. The number of halogens is 4. The van der Waals surface area contributed by atoms with Crippen LogP contribution in [0.15, 0.2) is 6.07 Å². The van der Waals surface area contributed by atoms with Gasteiger partial charge in [0.05, 0.1) is 6.42 Å². The Kier molecular flexibility index (Phi) is 4.78. The fourth-order valence-electron chi connectivity index (χ4n) is 1.42. The lowest BCUT2D eigenvalue weighted by molar-refractivity contribution is -0.136. The standard InChI is InChI=1S/C11H15ClF3N3/c1-6(2)10-17-8(12)4-9(18-10)16-7(3)5-11(13,14)15/h4,6-7H,5H2,1-3H3,(H,16,17,18). The molecule has 0 bridgehead atoms. The average Bonchev–Trinajstić information content (AvgIpc) is 2.12. The number of nitrogens with zero attached hydrogens (tertiary/aromatic N) is 2. The third-order valence-electron chi connectivity index (χ3n) is 2.16. The Morgan fingerprint density at radius 2 is 1.89 bits per heavy atom. The predicted octanol–water partition coefficient (Wildman–Crippen LogP) is 4.01. The van der Waals surface area contributed by atoms with Crippen LogP contribution in [0.2, 0.25) is 5.15 Å². The summed E-state index contributed by atoms with van der Waals surface area (Å²) in [6.07, 6.45) is -5.13. The maximum Gasteiger partial charge on any atom is 0.391 e. The van der Waals surface area contributed by atoms with Gasteiger partial charge in [-0.3, -0.25) is 0 Å².